The molecular weight excluding hydrogens is 345 g/mol. The number of carbonyl (C=O) groups excluding carboxylic acids is 1. The largest absolute Gasteiger partial charge is 0.393 e. The predicted octanol–water partition coefficient (Wildman–Crippen LogP) is 3.46. The lowest BCUT2D eigenvalue weighted by atomic mass is 9.97. The van der Waals surface area contributed by atoms with Crippen LogP contribution in [0, 0.1) is 5.82 Å². The van der Waals surface area contributed by atoms with Crippen molar-refractivity contribution in [2.45, 2.75) is 45.4 Å². The van der Waals surface area contributed by atoms with Gasteiger partial charge in [0, 0.05) is 22.9 Å². The molecule has 1 aromatic rings. The van der Waals surface area contributed by atoms with Gasteiger partial charge >= 0.3 is 0 Å². The van der Waals surface area contributed by atoms with Crippen LogP contribution in [0.25, 0.3) is 22.6 Å². The van der Waals surface area contributed by atoms with E-state index >= 15 is 0 Å². The maximum Gasteiger partial charge on any atom is 0.240 e. The maximum atomic E-state index is 13.1. The van der Waals surface area contributed by atoms with Gasteiger partial charge in [0.15, 0.2) is 0 Å². The molecule has 2 heterocycles. The second-order valence-electron chi connectivity index (χ2n) is 7.55. The number of aromatic nitrogens is 2. The molecule has 142 valence electrons. The number of carbonyl (C=O) groups is 1. The number of nitrogens with one attached hydrogen (secondary N) is 1. The minimum atomic E-state index is -0.502. The standard InChI is InChI=1S/C21H24FN3O2/c1-14(26)12-21(2,3)24-19(27)13-25-10-4-5-16-11-18(23-20(16)25)15-6-8-17(22)9-7-15/h4-11,14,26H,12-13H2,1-3H3,(H,24,27)/t14-/m1/s1. The number of pyridine rings is 1. The van der Waals surface area contributed by atoms with Crippen molar-refractivity contribution in [3.05, 3.63) is 54.5 Å². The van der Waals surface area contributed by atoms with Crippen LogP contribution in [0.15, 0.2) is 48.7 Å². The Morgan fingerprint density at radius 1 is 1.26 bits per heavy atom. The summed E-state index contributed by atoms with van der Waals surface area (Å²) in [5.41, 5.74) is 1.97. The van der Waals surface area contributed by atoms with Gasteiger partial charge in [-0.2, -0.15) is 0 Å². The SMILES string of the molecule is C[C@@H](O)CC(C)(C)NC(=O)Cn1cccc2cc(-c3ccc(F)cc3)nc1-2. The van der Waals surface area contributed by atoms with Gasteiger partial charge in [-0.3, -0.25) is 4.79 Å². The second kappa shape index (κ2) is 7.48. The lowest BCUT2D eigenvalue weighted by Gasteiger charge is -2.28. The van der Waals surface area contributed by atoms with Gasteiger partial charge in [-0.25, -0.2) is 9.37 Å². The van der Waals surface area contributed by atoms with Crippen LogP contribution in [-0.4, -0.2) is 32.2 Å². The summed E-state index contributed by atoms with van der Waals surface area (Å²) in [6.07, 6.45) is 1.79. The molecule has 1 aromatic carbocycles. The van der Waals surface area contributed by atoms with Gasteiger partial charge in [0.25, 0.3) is 0 Å². The summed E-state index contributed by atoms with van der Waals surface area (Å²) in [7, 11) is 0. The Balaban J connectivity index is 1.81. The number of amides is 1. The van der Waals surface area contributed by atoms with E-state index in [0.29, 0.717) is 12.2 Å². The van der Waals surface area contributed by atoms with E-state index in [9.17, 15) is 14.3 Å². The van der Waals surface area contributed by atoms with Crippen molar-refractivity contribution in [2.75, 3.05) is 0 Å². The number of halogens is 1. The number of benzene rings is 1. The quantitative estimate of drug-likeness (QED) is 0.699. The van der Waals surface area contributed by atoms with E-state index in [-0.39, 0.29) is 18.3 Å². The third kappa shape index (κ3) is 4.71. The van der Waals surface area contributed by atoms with Gasteiger partial charge in [-0.15, -0.1) is 0 Å². The van der Waals surface area contributed by atoms with Gasteiger partial charge in [0.2, 0.25) is 5.91 Å². The Hall–Kier alpha value is -2.73. The lowest BCUT2D eigenvalue weighted by Crippen LogP contribution is -2.46. The first-order valence-electron chi connectivity index (χ1n) is 8.94. The normalized spacial score (nSPS) is 12.9. The molecule has 2 aliphatic rings. The van der Waals surface area contributed by atoms with Crippen molar-refractivity contribution < 1.29 is 14.3 Å². The first-order valence-corrected chi connectivity index (χ1v) is 8.94. The van der Waals surface area contributed by atoms with Crippen molar-refractivity contribution >= 4 is 5.91 Å². The fourth-order valence-corrected chi connectivity index (χ4v) is 3.35. The molecule has 0 aromatic heterocycles. The highest BCUT2D eigenvalue weighted by atomic mass is 19.1. The highest BCUT2D eigenvalue weighted by Gasteiger charge is 2.23. The van der Waals surface area contributed by atoms with Crippen LogP contribution in [0.4, 0.5) is 4.39 Å². The fourth-order valence-electron chi connectivity index (χ4n) is 3.35. The van der Waals surface area contributed by atoms with E-state index in [4.69, 9.17) is 0 Å². The molecule has 0 saturated carbocycles. The second-order valence-corrected chi connectivity index (χ2v) is 7.55. The van der Waals surface area contributed by atoms with Crippen LogP contribution < -0.4 is 5.32 Å². The first kappa shape index (κ1) is 19.0. The number of hydrogen-bond acceptors (Lipinski definition) is 3. The van der Waals surface area contributed by atoms with E-state index in [1.165, 1.54) is 12.1 Å². The Morgan fingerprint density at radius 2 is 1.96 bits per heavy atom. The molecule has 0 unspecified atom stereocenters. The van der Waals surface area contributed by atoms with E-state index in [1.807, 2.05) is 38.2 Å². The van der Waals surface area contributed by atoms with Gasteiger partial charge in [-0.1, -0.05) is 0 Å². The summed E-state index contributed by atoms with van der Waals surface area (Å²) >= 11 is 0. The van der Waals surface area contributed by atoms with Crippen LogP contribution in [0.1, 0.15) is 27.2 Å². The number of fused-ring (bicyclic) bond motifs is 1. The molecule has 0 radical (unpaired) electrons. The molecule has 0 spiro atoms. The van der Waals surface area contributed by atoms with Crippen molar-refractivity contribution in [3.8, 4) is 22.6 Å². The predicted molar refractivity (Wildman–Crippen MR) is 103 cm³/mol. The lowest BCUT2D eigenvalue weighted by molar-refractivity contribution is -0.123. The number of nitrogens with zero attached hydrogens (tertiary/aromatic N) is 2. The number of aliphatic hydroxyl groups is 1. The highest BCUT2D eigenvalue weighted by Crippen LogP contribution is 2.28. The Labute approximate surface area is 158 Å². The van der Waals surface area contributed by atoms with E-state index < -0.39 is 11.6 Å². The third-order valence-electron chi connectivity index (χ3n) is 4.33. The zero-order valence-electron chi connectivity index (χ0n) is 15.7. The molecule has 0 fully saturated rings. The summed E-state index contributed by atoms with van der Waals surface area (Å²) in [5.74, 6) is 0.256. The third-order valence-corrected chi connectivity index (χ3v) is 4.33. The number of rotatable bonds is 6. The Morgan fingerprint density at radius 3 is 2.63 bits per heavy atom. The summed E-state index contributed by atoms with van der Waals surface area (Å²) in [6, 6.07) is 11.9. The number of hydrogen-bond donors (Lipinski definition) is 2. The minimum absolute atomic E-state index is 0.125. The molecular formula is C21H24FN3O2. The van der Waals surface area contributed by atoms with E-state index in [2.05, 4.69) is 10.3 Å². The smallest absolute Gasteiger partial charge is 0.240 e. The van der Waals surface area contributed by atoms with Crippen molar-refractivity contribution in [2.24, 2.45) is 0 Å². The maximum absolute atomic E-state index is 13.1. The zero-order chi connectivity index (χ0) is 19.6. The van der Waals surface area contributed by atoms with Gasteiger partial charge in [0.1, 0.15) is 18.2 Å². The summed E-state index contributed by atoms with van der Waals surface area (Å²) in [6.45, 7) is 5.60. The molecule has 1 amide bonds. The molecule has 0 aliphatic carbocycles. The molecule has 5 nitrogen and oxygen atoms in total. The average molecular weight is 369 g/mol. The summed E-state index contributed by atoms with van der Waals surface area (Å²) in [4.78, 5) is 17.1. The zero-order valence-corrected chi connectivity index (χ0v) is 15.7. The average Bonchev–Trinajstić information content (AvgIpc) is 2.98. The molecule has 27 heavy (non-hydrogen) atoms. The summed E-state index contributed by atoms with van der Waals surface area (Å²) < 4.78 is 14.9. The molecule has 6 heteroatoms. The summed E-state index contributed by atoms with van der Waals surface area (Å²) in [5, 5.41) is 12.5. The Kier molecular flexibility index (Phi) is 5.28. The molecule has 0 bridgehead atoms. The van der Waals surface area contributed by atoms with E-state index in [1.54, 1.807) is 23.6 Å². The molecule has 0 saturated heterocycles. The van der Waals surface area contributed by atoms with Crippen molar-refractivity contribution in [3.63, 3.8) is 0 Å². The monoisotopic (exact) mass is 369 g/mol. The van der Waals surface area contributed by atoms with Crippen molar-refractivity contribution in [1.29, 1.82) is 0 Å². The minimum Gasteiger partial charge on any atom is -0.393 e. The van der Waals surface area contributed by atoms with E-state index in [0.717, 1.165) is 16.8 Å². The van der Waals surface area contributed by atoms with Crippen LogP contribution in [0.3, 0.4) is 0 Å². The van der Waals surface area contributed by atoms with Crippen LogP contribution in [0.2, 0.25) is 0 Å². The van der Waals surface area contributed by atoms with Crippen LogP contribution in [0.5, 0.6) is 0 Å². The van der Waals surface area contributed by atoms with Gasteiger partial charge in [0.05, 0.1) is 11.8 Å². The molecule has 3 rings (SSSR count). The fraction of sp³-hybridized carbons (Fsp3) is 0.333. The van der Waals surface area contributed by atoms with Crippen molar-refractivity contribution in [1.82, 2.24) is 14.9 Å². The molecule has 2 N–H and O–H groups in total. The first-order chi connectivity index (χ1) is 12.7. The van der Waals surface area contributed by atoms with Crippen LogP contribution in [-0.2, 0) is 11.3 Å². The number of aliphatic hydroxyl groups excluding tert-OH is 1. The molecule has 2 aliphatic heterocycles. The van der Waals surface area contributed by atoms with Gasteiger partial charge < -0.3 is 15.0 Å². The van der Waals surface area contributed by atoms with Crippen LogP contribution >= 0.6 is 0 Å². The Bertz CT molecular complexity index is 900. The van der Waals surface area contributed by atoms with Gasteiger partial charge in [-0.05, 0) is 69.7 Å². The molecule has 1 atom stereocenters. The highest BCUT2D eigenvalue weighted by molar-refractivity contribution is 5.78. The topological polar surface area (TPSA) is 67.2 Å².